The lowest BCUT2D eigenvalue weighted by Crippen LogP contribution is -2.04. The van der Waals surface area contributed by atoms with Crippen molar-refractivity contribution < 1.29 is 9.84 Å². The second kappa shape index (κ2) is 8.05. The van der Waals surface area contributed by atoms with Gasteiger partial charge in [-0.25, -0.2) is 0 Å². The first-order chi connectivity index (χ1) is 10.2. The van der Waals surface area contributed by atoms with E-state index < -0.39 is 0 Å². The third-order valence-corrected chi connectivity index (χ3v) is 3.60. The van der Waals surface area contributed by atoms with Gasteiger partial charge in [-0.15, -0.1) is 0 Å². The SMILES string of the molecule is CCCOc1ccc(Br)cc1CNc1ccc(CO)cc1. The van der Waals surface area contributed by atoms with Crippen LogP contribution >= 0.6 is 15.9 Å². The maximum atomic E-state index is 9.04. The minimum absolute atomic E-state index is 0.0704. The van der Waals surface area contributed by atoms with Crippen molar-refractivity contribution in [2.45, 2.75) is 26.5 Å². The van der Waals surface area contributed by atoms with Gasteiger partial charge in [0, 0.05) is 22.3 Å². The minimum Gasteiger partial charge on any atom is -0.493 e. The summed E-state index contributed by atoms with van der Waals surface area (Å²) in [5.74, 6) is 0.916. The molecule has 0 spiro atoms. The predicted octanol–water partition coefficient (Wildman–Crippen LogP) is 4.34. The van der Waals surface area contributed by atoms with Crippen LogP contribution in [0.2, 0.25) is 0 Å². The van der Waals surface area contributed by atoms with Gasteiger partial charge in [-0.2, -0.15) is 0 Å². The van der Waals surface area contributed by atoms with E-state index in [1.54, 1.807) is 0 Å². The molecule has 0 aliphatic heterocycles. The standard InChI is InChI=1S/C17H20BrNO2/c1-2-9-21-17-8-5-15(18)10-14(17)11-19-16-6-3-13(12-20)4-7-16/h3-8,10,19-20H,2,9,11-12H2,1H3. The first-order valence-electron chi connectivity index (χ1n) is 7.08. The lowest BCUT2D eigenvalue weighted by molar-refractivity contribution is 0.282. The van der Waals surface area contributed by atoms with Gasteiger partial charge in [0.15, 0.2) is 0 Å². The zero-order valence-electron chi connectivity index (χ0n) is 12.1. The van der Waals surface area contributed by atoms with Crippen LogP contribution in [0.1, 0.15) is 24.5 Å². The summed E-state index contributed by atoms with van der Waals surface area (Å²) in [4.78, 5) is 0. The molecule has 0 atom stereocenters. The van der Waals surface area contributed by atoms with Crippen LogP contribution in [0.25, 0.3) is 0 Å². The number of nitrogens with one attached hydrogen (secondary N) is 1. The molecule has 0 saturated carbocycles. The number of benzene rings is 2. The van der Waals surface area contributed by atoms with Crippen LogP contribution in [0, 0.1) is 0 Å². The van der Waals surface area contributed by atoms with Crippen molar-refractivity contribution in [1.29, 1.82) is 0 Å². The molecule has 0 aliphatic rings. The second-order valence-corrected chi connectivity index (χ2v) is 5.72. The summed E-state index contributed by atoms with van der Waals surface area (Å²) in [6, 6.07) is 13.8. The first-order valence-corrected chi connectivity index (χ1v) is 7.87. The number of hydrogen-bond acceptors (Lipinski definition) is 3. The molecule has 2 aromatic carbocycles. The summed E-state index contributed by atoms with van der Waals surface area (Å²) in [6.07, 6.45) is 0.992. The van der Waals surface area contributed by atoms with Crippen LogP contribution in [0.3, 0.4) is 0 Å². The van der Waals surface area contributed by atoms with Gasteiger partial charge in [-0.3, -0.25) is 0 Å². The fourth-order valence-electron chi connectivity index (χ4n) is 1.96. The third kappa shape index (κ3) is 4.76. The van der Waals surface area contributed by atoms with E-state index >= 15 is 0 Å². The Hall–Kier alpha value is -1.52. The molecule has 2 rings (SSSR count). The van der Waals surface area contributed by atoms with Gasteiger partial charge < -0.3 is 15.2 Å². The van der Waals surface area contributed by atoms with E-state index in [4.69, 9.17) is 9.84 Å². The highest BCUT2D eigenvalue weighted by Gasteiger charge is 2.05. The molecule has 2 N–H and O–H groups in total. The van der Waals surface area contributed by atoms with Gasteiger partial charge in [0.25, 0.3) is 0 Å². The van der Waals surface area contributed by atoms with Crippen molar-refractivity contribution in [2.75, 3.05) is 11.9 Å². The quantitative estimate of drug-likeness (QED) is 0.780. The normalized spacial score (nSPS) is 10.4. The molecule has 112 valence electrons. The fraction of sp³-hybridized carbons (Fsp3) is 0.294. The molecule has 0 heterocycles. The number of anilines is 1. The highest BCUT2D eigenvalue weighted by molar-refractivity contribution is 9.10. The van der Waals surface area contributed by atoms with E-state index in [1.165, 1.54) is 0 Å². The Labute approximate surface area is 134 Å². The molecule has 0 unspecified atom stereocenters. The van der Waals surface area contributed by atoms with Crippen LogP contribution in [-0.2, 0) is 13.2 Å². The molecule has 0 amide bonds. The van der Waals surface area contributed by atoms with Gasteiger partial charge >= 0.3 is 0 Å². The Morgan fingerprint density at radius 3 is 2.57 bits per heavy atom. The van der Waals surface area contributed by atoms with E-state index in [9.17, 15) is 0 Å². The summed E-state index contributed by atoms with van der Waals surface area (Å²) in [5.41, 5.74) is 3.05. The van der Waals surface area contributed by atoms with Crippen molar-refractivity contribution in [1.82, 2.24) is 0 Å². The van der Waals surface area contributed by atoms with Crippen LogP contribution in [0.5, 0.6) is 5.75 Å². The number of halogens is 1. The molecule has 0 fully saturated rings. The number of aliphatic hydroxyl groups excluding tert-OH is 1. The molecule has 0 saturated heterocycles. The van der Waals surface area contributed by atoms with E-state index in [-0.39, 0.29) is 6.61 Å². The largest absolute Gasteiger partial charge is 0.493 e. The molecule has 0 radical (unpaired) electrons. The predicted molar refractivity (Wildman–Crippen MR) is 89.6 cm³/mol. The van der Waals surface area contributed by atoms with Gasteiger partial charge in [-0.05, 0) is 42.3 Å². The lowest BCUT2D eigenvalue weighted by atomic mass is 10.2. The highest BCUT2D eigenvalue weighted by Crippen LogP contribution is 2.24. The molecular formula is C17H20BrNO2. The average molecular weight is 350 g/mol. The van der Waals surface area contributed by atoms with Gasteiger partial charge in [0.1, 0.15) is 5.75 Å². The second-order valence-electron chi connectivity index (χ2n) is 4.81. The Bertz CT molecular complexity index is 570. The molecule has 4 heteroatoms. The Balaban J connectivity index is 2.05. The maximum absolute atomic E-state index is 9.04. The summed E-state index contributed by atoms with van der Waals surface area (Å²) < 4.78 is 6.81. The number of hydrogen-bond donors (Lipinski definition) is 2. The molecule has 21 heavy (non-hydrogen) atoms. The topological polar surface area (TPSA) is 41.5 Å². The van der Waals surface area contributed by atoms with Crippen LogP contribution in [-0.4, -0.2) is 11.7 Å². The molecular weight excluding hydrogens is 330 g/mol. The van der Waals surface area contributed by atoms with Crippen molar-refractivity contribution in [3.05, 3.63) is 58.1 Å². The van der Waals surface area contributed by atoms with Crippen LogP contribution in [0.15, 0.2) is 46.9 Å². The Kier molecular flexibility index (Phi) is 6.08. The summed E-state index contributed by atoms with van der Waals surface area (Å²) in [5, 5.41) is 12.4. The van der Waals surface area contributed by atoms with Gasteiger partial charge in [0.05, 0.1) is 13.2 Å². The zero-order chi connectivity index (χ0) is 15.1. The molecule has 0 aromatic heterocycles. The lowest BCUT2D eigenvalue weighted by Gasteiger charge is -2.13. The fourth-order valence-corrected chi connectivity index (χ4v) is 2.37. The number of ether oxygens (including phenoxy) is 1. The summed E-state index contributed by atoms with van der Waals surface area (Å²) >= 11 is 3.50. The van der Waals surface area contributed by atoms with Crippen molar-refractivity contribution in [2.24, 2.45) is 0 Å². The van der Waals surface area contributed by atoms with Crippen molar-refractivity contribution in [3.8, 4) is 5.75 Å². The number of rotatable bonds is 7. The highest BCUT2D eigenvalue weighted by atomic mass is 79.9. The molecule has 3 nitrogen and oxygen atoms in total. The molecule has 2 aromatic rings. The Morgan fingerprint density at radius 1 is 1.14 bits per heavy atom. The Morgan fingerprint density at radius 2 is 1.90 bits per heavy atom. The zero-order valence-corrected chi connectivity index (χ0v) is 13.7. The smallest absolute Gasteiger partial charge is 0.124 e. The van der Waals surface area contributed by atoms with E-state index in [2.05, 4.69) is 34.2 Å². The van der Waals surface area contributed by atoms with Crippen molar-refractivity contribution in [3.63, 3.8) is 0 Å². The first kappa shape index (κ1) is 15.9. The summed E-state index contributed by atoms with van der Waals surface area (Å²) in [7, 11) is 0. The molecule has 0 aliphatic carbocycles. The minimum atomic E-state index is 0.0704. The third-order valence-electron chi connectivity index (χ3n) is 3.10. The van der Waals surface area contributed by atoms with E-state index in [0.717, 1.165) is 40.1 Å². The van der Waals surface area contributed by atoms with Crippen LogP contribution < -0.4 is 10.1 Å². The summed E-state index contributed by atoms with van der Waals surface area (Å²) in [6.45, 7) is 3.58. The van der Waals surface area contributed by atoms with Crippen molar-refractivity contribution >= 4 is 21.6 Å². The average Bonchev–Trinajstić information content (AvgIpc) is 2.52. The maximum Gasteiger partial charge on any atom is 0.124 e. The van der Waals surface area contributed by atoms with Gasteiger partial charge in [-0.1, -0.05) is 35.0 Å². The van der Waals surface area contributed by atoms with E-state index in [0.29, 0.717) is 6.54 Å². The number of aliphatic hydroxyl groups is 1. The van der Waals surface area contributed by atoms with E-state index in [1.807, 2.05) is 36.4 Å². The molecule has 0 bridgehead atoms. The van der Waals surface area contributed by atoms with Crippen LogP contribution in [0.4, 0.5) is 5.69 Å². The van der Waals surface area contributed by atoms with Gasteiger partial charge in [0.2, 0.25) is 0 Å². The monoisotopic (exact) mass is 349 g/mol.